The topological polar surface area (TPSA) is 40.1 Å². The Morgan fingerprint density at radius 3 is 2.57 bits per heavy atom. The molecule has 0 radical (unpaired) electrons. The summed E-state index contributed by atoms with van der Waals surface area (Å²) in [6.45, 7) is 0. The Morgan fingerprint density at radius 1 is 1.13 bits per heavy atom. The molecular weight excluding hydrogens is 329 g/mol. The van der Waals surface area contributed by atoms with Crippen molar-refractivity contribution in [3.8, 4) is 0 Å². The van der Waals surface area contributed by atoms with E-state index in [1.165, 1.54) is 11.1 Å². The lowest BCUT2D eigenvalue weighted by molar-refractivity contribution is -0.614. The molecule has 1 saturated carbocycles. The number of rotatable bonds is 2. The first-order valence-corrected chi connectivity index (χ1v) is 7.45. The van der Waals surface area contributed by atoms with Crippen LogP contribution in [-0.2, 0) is 6.18 Å². The first kappa shape index (κ1) is 14.6. The summed E-state index contributed by atoms with van der Waals surface area (Å²) >= 11 is 6.01. The Bertz CT molecular complexity index is 777. The van der Waals surface area contributed by atoms with Gasteiger partial charge in [0, 0.05) is 15.8 Å². The summed E-state index contributed by atoms with van der Waals surface area (Å²) in [5, 5.41) is 8.41. The smallest absolute Gasteiger partial charge is 0.190 e. The molecule has 1 fully saturated rings. The Kier molecular flexibility index (Phi) is 3.16. The maximum Gasteiger partial charge on any atom is 0.416 e. The second-order valence-corrected chi connectivity index (χ2v) is 6.10. The highest BCUT2D eigenvalue weighted by atomic mass is 35.5. The zero-order valence-corrected chi connectivity index (χ0v) is 12.5. The summed E-state index contributed by atoms with van der Waals surface area (Å²) in [4.78, 5) is 5.72. The lowest BCUT2D eigenvalue weighted by atomic mass is 10.0. The molecule has 1 unspecified atom stereocenters. The van der Waals surface area contributed by atoms with Crippen molar-refractivity contribution < 1.29 is 18.0 Å². The second-order valence-electron chi connectivity index (χ2n) is 5.71. The fourth-order valence-electron chi connectivity index (χ4n) is 3.06. The SMILES string of the molecule is FC(F)(F)c1ccc([C@H]2C[C@@H]2C2=CC(Cl)=N[N+]3=NC=NC23)cc1. The molecule has 8 heteroatoms. The van der Waals surface area contributed by atoms with Crippen molar-refractivity contribution in [2.24, 2.45) is 21.1 Å². The zero-order valence-electron chi connectivity index (χ0n) is 11.7. The number of fused-ring (bicyclic) bond motifs is 1. The molecule has 1 aromatic rings. The van der Waals surface area contributed by atoms with Gasteiger partial charge in [0.05, 0.1) is 10.4 Å². The van der Waals surface area contributed by atoms with E-state index in [4.69, 9.17) is 11.6 Å². The van der Waals surface area contributed by atoms with E-state index in [2.05, 4.69) is 15.2 Å². The average Bonchev–Trinajstić information content (AvgIpc) is 3.16. The van der Waals surface area contributed by atoms with Crippen molar-refractivity contribution in [1.82, 2.24) is 0 Å². The van der Waals surface area contributed by atoms with E-state index in [9.17, 15) is 13.2 Å². The van der Waals surface area contributed by atoms with Gasteiger partial charge in [0.1, 0.15) is 0 Å². The molecule has 2 aliphatic heterocycles. The molecule has 23 heavy (non-hydrogen) atoms. The first-order chi connectivity index (χ1) is 10.9. The Balaban J connectivity index is 1.55. The van der Waals surface area contributed by atoms with Crippen LogP contribution < -0.4 is 0 Å². The van der Waals surface area contributed by atoms with Crippen molar-refractivity contribution in [2.45, 2.75) is 24.7 Å². The van der Waals surface area contributed by atoms with Crippen LogP contribution in [0.15, 0.2) is 51.1 Å². The van der Waals surface area contributed by atoms with Gasteiger partial charge in [-0.3, -0.25) is 0 Å². The van der Waals surface area contributed by atoms with Crippen LogP contribution in [0.4, 0.5) is 13.2 Å². The zero-order chi connectivity index (χ0) is 16.2. The van der Waals surface area contributed by atoms with Crippen molar-refractivity contribution in [3.63, 3.8) is 0 Å². The molecule has 3 aliphatic rings. The molecule has 4 rings (SSSR count). The minimum absolute atomic E-state index is 0.184. The molecule has 4 nitrogen and oxygen atoms in total. The van der Waals surface area contributed by atoms with Gasteiger partial charge >= 0.3 is 12.3 Å². The van der Waals surface area contributed by atoms with E-state index in [1.54, 1.807) is 18.2 Å². The summed E-state index contributed by atoms with van der Waals surface area (Å²) in [5.74, 6) is 0.387. The highest BCUT2D eigenvalue weighted by Gasteiger charge is 2.49. The molecule has 3 atom stereocenters. The van der Waals surface area contributed by atoms with Gasteiger partial charge in [0.15, 0.2) is 11.5 Å². The largest absolute Gasteiger partial charge is 0.416 e. The third-order valence-electron chi connectivity index (χ3n) is 4.26. The number of hydrogen-bond acceptors (Lipinski definition) is 3. The summed E-state index contributed by atoms with van der Waals surface area (Å²) < 4.78 is 37.9. The fraction of sp³-hybridized carbons (Fsp3) is 0.333. The van der Waals surface area contributed by atoms with Gasteiger partial charge in [0.2, 0.25) is 0 Å². The number of alkyl halides is 3. The molecule has 2 heterocycles. The number of hydrogen-bond donors (Lipinski definition) is 0. The Hall–Kier alpha value is -2.02. The molecular formula is C15H11ClF3N4+. The third kappa shape index (κ3) is 2.59. The molecule has 0 spiro atoms. The summed E-state index contributed by atoms with van der Waals surface area (Å²) in [7, 11) is 0. The standard InChI is InChI=1S/C15H11ClF3N4/c16-13-6-12(14-20-7-21-23(14)22-13)11-5-10(11)8-1-3-9(4-2-8)15(17,18)19/h1-4,6-7,10-11,14H,5H2/q+1/t10-,11+,14?/m1/s1. The minimum atomic E-state index is -4.31. The van der Waals surface area contributed by atoms with Crippen LogP contribution in [0.1, 0.15) is 23.5 Å². The predicted octanol–water partition coefficient (Wildman–Crippen LogP) is 4.13. The molecule has 1 aromatic carbocycles. The van der Waals surface area contributed by atoms with E-state index in [1.807, 2.05) is 0 Å². The number of benzene rings is 1. The maximum absolute atomic E-state index is 12.6. The van der Waals surface area contributed by atoms with E-state index in [-0.39, 0.29) is 18.0 Å². The van der Waals surface area contributed by atoms with Gasteiger partial charge in [-0.25, -0.2) is 0 Å². The van der Waals surface area contributed by atoms with E-state index >= 15 is 0 Å². The molecule has 0 amide bonds. The van der Waals surface area contributed by atoms with Crippen LogP contribution in [0.25, 0.3) is 0 Å². The van der Waals surface area contributed by atoms with Gasteiger partial charge in [-0.05, 0) is 42.0 Å². The van der Waals surface area contributed by atoms with Crippen LogP contribution in [-0.4, -0.2) is 22.5 Å². The number of nitrogens with zero attached hydrogens (tertiary/aromatic N) is 4. The molecule has 0 bridgehead atoms. The van der Waals surface area contributed by atoms with Crippen molar-refractivity contribution >= 4 is 23.1 Å². The van der Waals surface area contributed by atoms with Gasteiger partial charge in [0.25, 0.3) is 0 Å². The number of hydrazone groups is 1. The maximum atomic E-state index is 12.6. The molecule has 0 saturated heterocycles. The highest BCUT2D eigenvalue weighted by molar-refractivity contribution is 6.68. The van der Waals surface area contributed by atoms with Crippen LogP contribution in [0.3, 0.4) is 0 Å². The molecule has 1 aliphatic carbocycles. The quantitative estimate of drug-likeness (QED) is 0.727. The lowest BCUT2D eigenvalue weighted by Crippen LogP contribution is -2.24. The van der Waals surface area contributed by atoms with Gasteiger partial charge in [-0.1, -0.05) is 23.7 Å². The van der Waals surface area contributed by atoms with E-state index in [0.717, 1.165) is 29.7 Å². The van der Waals surface area contributed by atoms with Crippen molar-refractivity contribution in [2.75, 3.05) is 0 Å². The molecule has 0 aromatic heterocycles. The average molecular weight is 340 g/mol. The number of azo groups is 1. The number of halogens is 4. The Morgan fingerprint density at radius 2 is 1.87 bits per heavy atom. The van der Waals surface area contributed by atoms with Gasteiger partial charge < -0.3 is 0 Å². The van der Waals surface area contributed by atoms with E-state index in [0.29, 0.717) is 5.17 Å². The van der Waals surface area contributed by atoms with Crippen molar-refractivity contribution in [3.05, 3.63) is 47.0 Å². The van der Waals surface area contributed by atoms with Crippen LogP contribution in [0.5, 0.6) is 0 Å². The van der Waals surface area contributed by atoms with Gasteiger partial charge in [-0.15, -0.1) is 0 Å². The van der Waals surface area contributed by atoms with Crippen LogP contribution in [0, 0.1) is 5.92 Å². The summed E-state index contributed by atoms with van der Waals surface area (Å²) in [5.41, 5.74) is 1.27. The normalized spacial score (nSPS) is 28.9. The predicted molar refractivity (Wildman–Crippen MR) is 78.6 cm³/mol. The number of allylic oxidation sites excluding steroid dienone is 1. The van der Waals surface area contributed by atoms with E-state index < -0.39 is 11.7 Å². The van der Waals surface area contributed by atoms with Crippen LogP contribution in [0.2, 0.25) is 0 Å². The monoisotopic (exact) mass is 339 g/mol. The van der Waals surface area contributed by atoms with Crippen molar-refractivity contribution in [1.29, 1.82) is 0 Å². The summed E-state index contributed by atoms with van der Waals surface area (Å²) in [6, 6.07) is 5.35. The molecule has 0 N–H and O–H groups in total. The minimum Gasteiger partial charge on any atom is -0.190 e. The highest BCUT2D eigenvalue weighted by Crippen LogP contribution is 2.54. The van der Waals surface area contributed by atoms with Gasteiger partial charge in [-0.2, -0.15) is 18.2 Å². The Labute approximate surface area is 134 Å². The fourth-order valence-corrected chi connectivity index (χ4v) is 3.26. The second kappa shape index (κ2) is 4.99. The molecule has 118 valence electrons. The van der Waals surface area contributed by atoms with Crippen LogP contribution >= 0.6 is 11.6 Å². The number of aliphatic imine (C=N–C) groups is 1. The third-order valence-corrected chi connectivity index (χ3v) is 4.45. The summed E-state index contributed by atoms with van der Waals surface area (Å²) in [6.07, 6.45) is -0.496. The first-order valence-electron chi connectivity index (χ1n) is 7.08. The lowest BCUT2D eigenvalue weighted by Gasteiger charge is -2.11.